The van der Waals surface area contributed by atoms with Crippen LogP contribution in [0.25, 0.3) is 53.7 Å². The molecular weight excluding hydrogens is 546 g/mol. The fourth-order valence-corrected chi connectivity index (χ4v) is 7.20. The van der Waals surface area contributed by atoms with Crippen molar-refractivity contribution in [2.45, 2.75) is 47.2 Å². The highest BCUT2D eigenvalue weighted by atomic mass is 32.1. The Morgan fingerprint density at radius 3 is 2.24 bits per heavy atom. The molecule has 0 radical (unpaired) electrons. The number of nitrogens with zero attached hydrogens (tertiary/aromatic N) is 1. The second kappa shape index (κ2) is 9.69. The van der Waals surface area contributed by atoms with Crippen molar-refractivity contribution in [1.82, 2.24) is 0 Å². The molecule has 41 heavy (non-hydrogen) atoms. The third-order valence-electron chi connectivity index (χ3n) is 7.92. The van der Waals surface area contributed by atoms with Gasteiger partial charge in [-0.1, -0.05) is 38.1 Å². The van der Waals surface area contributed by atoms with Gasteiger partial charge in [-0.05, 0) is 73.1 Å². The molecule has 6 aromatic rings. The lowest BCUT2D eigenvalue weighted by Gasteiger charge is -2.11. The second-order valence-corrected chi connectivity index (χ2v) is 12.4. The van der Waals surface area contributed by atoms with Gasteiger partial charge in [0.05, 0.1) is 11.1 Å². The molecule has 2 nitrogen and oxygen atoms in total. The Labute approximate surface area is 239 Å². The summed E-state index contributed by atoms with van der Waals surface area (Å²) in [5.74, 6) is 0.0860. The topological polar surface area (TPSA) is 17.0 Å². The van der Waals surface area contributed by atoms with E-state index in [-0.39, 0.29) is 16.1 Å². The molecule has 0 N–H and O–H groups in total. The number of benzene rings is 3. The van der Waals surface area contributed by atoms with Gasteiger partial charge in [-0.3, -0.25) is 0 Å². The predicted molar refractivity (Wildman–Crippen MR) is 159 cm³/mol. The number of aryl methyl sites for hydroxylation is 3. The maximum absolute atomic E-state index is 14.7. The number of rotatable bonds is 4. The maximum atomic E-state index is 14.7. The number of halogens is 4. The van der Waals surface area contributed by atoms with Gasteiger partial charge < -0.3 is 4.42 Å². The van der Waals surface area contributed by atoms with Crippen LogP contribution in [-0.4, -0.2) is 0 Å². The van der Waals surface area contributed by atoms with Crippen molar-refractivity contribution in [3.8, 4) is 21.7 Å². The molecule has 3 aromatic heterocycles. The molecule has 0 fully saturated rings. The van der Waals surface area contributed by atoms with Crippen molar-refractivity contribution >= 4 is 43.4 Å². The van der Waals surface area contributed by atoms with Gasteiger partial charge in [0.15, 0.2) is 6.20 Å². The zero-order valence-electron chi connectivity index (χ0n) is 23.8. The van der Waals surface area contributed by atoms with E-state index in [4.69, 9.17) is 4.42 Å². The monoisotopic (exact) mass is 576 g/mol. The van der Waals surface area contributed by atoms with E-state index in [2.05, 4.69) is 13.8 Å². The summed E-state index contributed by atoms with van der Waals surface area (Å²) in [6.07, 6.45) is -2.01. The number of thiophene rings is 1. The number of furan rings is 1. The molecule has 3 heterocycles. The van der Waals surface area contributed by atoms with Crippen LogP contribution in [0, 0.1) is 32.5 Å². The lowest BCUT2D eigenvalue weighted by Crippen LogP contribution is -2.30. The van der Waals surface area contributed by atoms with Gasteiger partial charge in [0.25, 0.3) is 0 Å². The fourth-order valence-electron chi connectivity index (χ4n) is 5.79. The van der Waals surface area contributed by atoms with Crippen LogP contribution in [-0.2, 0) is 19.6 Å². The van der Waals surface area contributed by atoms with Gasteiger partial charge in [-0.25, -0.2) is 4.39 Å². The zero-order chi connectivity index (χ0) is 29.4. The average molecular weight is 577 g/mol. The highest BCUT2D eigenvalue weighted by molar-refractivity contribution is 7.23. The zero-order valence-corrected chi connectivity index (χ0v) is 24.6. The number of aromatic nitrogens is 1. The minimum absolute atomic E-state index is 0.156. The van der Waals surface area contributed by atoms with Crippen molar-refractivity contribution in [3.63, 3.8) is 0 Å². The molecule has 0 amide bonds. The Kier molecular flexibility index (Phi) is 6.49. The molecule has 0 aliphatic carbocycles. The molecule has 3 aromatic carbocycles. The van der Waals surface area contributed by atoms with E-state index in [1.54, 1.807) is 37.4 Å². The van der Waals surface area contributed by atoms with Crippen LogP contribution in [0.3, 0.4) is 0 Å². The van der Waals surface area contributed by atoms with Crippen LogP contribution in [0.4, 0.5) is 17.6 Å². The summed E-state index contributed by atoms with van der Waals surface area (Å²) in [6.45, 7) is 9.87. The van der Waals surface area contributed by atoms with Crippen LogP contribution in [0.15, 0.2) is 59.1 Å². The smallest absolute Gasteiger partial charge is 0.418 e. The highest BCUT2D eigenvalue weighted by Gasteiger charge is 2.40. The molecule has 0 saturated heterocycles. The minimum atomic E-state index is -4.55. The van der Waals surface area contributed by atoms with Crippen molar-refractivity contribution in [1.29, 1.82) is 0 Å². The standard InChI is InChI=1S/C34H30F4NOS/c1-17(2)13-21-7-9-22(10-8-21)32-29(34(36,37)38)23-11-12-39(6)30(33(23)41-32)28-20(5)18(3)14-25-24-15-19(4)26(35)16-27(24)40-31(25)28/h7-12,14-17H,13H2,1-6H3/q+1. The molecule has 0 aliphatic rings. The molecule has 0 bridgehead atoms. The third kappa shape index (κ3) is 4.51. The Bertz CT molecular complexity index is 1980. The summed E-state index contributed by atoms with van der Waals surface area (Å²) in [6, 6.07) is 14.1. The summed E-state index contributed by atoms with van der Waals surface area (Å²) in [7, 11) is 1.84. The predicted octanol–water partition coefficient (Wildman–Crippen LogP) is 10.2. The fraction of sp³-hybridized carbons (Fsp3) is 0.265. The number of hydrogen-bond donors (Lipinski definition) is 0. The van der Waals surface area contributed by atoms with Crippen molar-refractivity contribution in [2.24, 2.45) is 13.0 Å². The first-order chi connectivity index (χ1) is 19.3. The van der Waals surface area contributed by atoms with E-state index in [9.17, 15) is 17.6 Å². The van der Waals surface area contributed by atoms with Crippen LogP contribution >= 0.6 is 11.3 Å². The van der Waals surface area contributed by atoms with Crippen LogP contribution in [0.1, 0.15) is 41.7 Å². The number of hydrogen-bond acceptors (Lipinski definition) is 2. The minimum Gasteiger partial charge on any atom is -0.455 e. The van der Waals surface area contributed by atoms with E-state index < -0.39 is 11.7 Å². The summed E-state index contributed by atoms with van der Waals surface area (Å²) in [5.41, 5.74) is 5.71. The van der Waals surface area contributed by atoms with Gasteiger partial charge in [0, 0.05) is 33.2 Å². The van der Waals surface area contributed by atoms with E-state index in [0.717, 1.165) is 50.8 Å². The first-order valence-electron chi connectivity index (χ1n) is 13.6. The molecule has 0 spiro atoms. The maximum Gasteiger partial charge on any atom is 0.418 e. The summed E-state index contributed by atoms with van der Waals surface area (Å²) in [4.78, 5) is 0.194. The Balaban J connectivity index is 1.69. The van der Waals surface area contributed by atoms with Gasteiger partial charge >= 0.3 is 6.18 Å². The molecule has 210 valence electrons. The molecule has 6 rings (SSSR count). The Morgan fingerprint density at radius 2 is 1.59 bits per heavy atom. The molecule has 0 aliphatic heterocycles. The molecule has 7 heteroatoms. The van der Waals surface area contributed by atoms with Crippen molar-refractivity contribution in [3.05, 3.63) is 88.4 Å². The first-order valence-corrected chi connectivity index (χ1v) is 14.4. The molecular formula is C34H30F4NOS+. The van der Waals surface area contributed by atoms with Crippen LogP contribution in [0.5, 0.6) is 0 Å². The van der Waals surface area contributed by atoms with E-state index in [0.29, 0.717) is 38.6 Å². The Morgan fingerprint density at radius 1 is 0.902 bits per heavy atom. The lowest BCUT2D eigenvalue weighted by molar-refractivity contribution is -0.659. The van der Waals surface area contributed by atoms with E-state index in [1.807, 2.05) is 43.7 Å². The van der Waals surface area contributed by atoms with E-state index in [1.165, 1.54) is 6.07 Å². The van der Waals surface area contributed by atoms with Crippen molar-refractivity contribution < 1.29 is 26.5 Å². The number of pyridine rings is 1. The quantitative estimate of drug-likeness (QED) is 0.151. The largest absolute Gasteiger partial charge is 0.455 e. The lowest BCUT2D eigenvalue weighted by atomic mass is 9.95. The van der Waals surface area contributed by atoms with Gasteiger partial charge in [-0.15, -0.1) is 11.3 Å². The third-order valence-corrected chi connectivity index (χ3v) is 9.18. The summed E-state index contributed by atoms with van der Waals surface area (Å²) in [5, 5.41) is 1.75. The first kappa shape index (κ1) is 27.5. The second-order valence-electron chi connectivity index (χ2n) is 11.4. The summed E-state index contributed by atoms with van der Waals surface area (Å²) >= 11 is 1.15. The molecule has 0 unspecified atom stereocenters. The number of alkyl halides is 3. The van der Waals surface area contributed by atoms with Crippen LogP contribution < -0.4 is 4.57 Å². The molecule has 0 atom stereocenters. The highest BCUT2D eigenvalue weighted by Crippen LogP contribution is 2.50. The van der Waals surface area contributed by atoms with Gasteiger partial charge in [0.1, 0.15) is 28.7 Å². The van der Waals surface area contributed by atoms with Gasteiger partial charge in [0.2, 0.25) is 5.69 Å². The van der Waals surface area contributed by atoms with Crippen molar-refractivity contribution in [2.75, 3.05) is 0 Å². The SMILES string of the molecule is Cc1cc2c(cc1F)oc1c(-c3c4sc(-c5ccc(CC(C)C)cc5)c(C(F)(F)F)c4cc[n+]3C)c(C)c(C)cc12. The van der Waals surface area contributed by atoms with Gasteiger partial charge in [-0.2, -0.15) is 17.7 Å². The Hall–Kier alpha value is -3.71. The van der Waals surface area contributed by atoms with Crippen LogP contribution in [0.2, 0.25) is 0 Å². The number of fused-ring (bicyclic) bond motifs is 4. The molecule has 0 saturated carbocycles. The van der Waals surface area contributed by atoms with E-state index >= 15 is 0 Å². The average Bonchev–Trinajstić information content (AvgIpc) is 3.44. The normalized spacial score (nSPS) is 12.5. The summed E-state index contributed by atoms with van der Waals surface area (Å²) < 4.78 is 67.4.